The third kappa shape index (κ3) is 3.60. The summed E-state index contributed by atoms with van der Waals surface area (Å²) in [5.74, 6) is 0.876. The van der Waals surface area contributed by atoms with Crippen molar-refractivity contribution >= 4 is 27.5 Å². The first-order valence-corrected chi connectivity index (χ1v) is 7.26. The molecule has 0 aliphatic carbocycles. The second-order valence-corrected chi connectivity index (χ2v) is 5.49. The van der Waals surface area contributed by atoms with Crippen molar-refractivity contribution in [3.05, 3.63) is 29.3 Å². The highest BCUT2D eigenvalue weighted by Crippen LogP contribution is 2.33. The zero-order valence-electron chi connectivity index (χ0n) is 9.62. The fraction of sp³-hybridized carbons (Fsp3) is 0.538. The maximum absolute atomic E-state index is 5.85. The fourth-order valence-corrected chi connectivity index (χ4v) is 2.74. The Balaban J connectivity index is 1.93. The van der Waals surface area contributed by atoms with Crippen LogP contribution in [-0.4, -0.2) is 25.2 Å². The Morgan fingerprint density at radius 1 is 1.24 bits per heavy atom. The van der Waals surface area contributed by atoms with E-state index in [1.54, 1.807) is 0 Å². The second-order valence-electron chi connectivity index (χ2n) is 4.49. The quantitative estimate of drug-likeness (QED) is 0.783. The van der Waals surface area contributed by atoms with Crippen LogP contribution in [0.25, 0.3) is 0 Å². The molecule has 0 N–H and O–H groups in total. The molecule has 1 fully saturated rings. The molecule has 0 spiro atoms. The lowest BCUT2D eigenvalue weighted by molar-refractivity contribution is 0.00355. The molecule has 2 nitrogen and oxygen atoms in total. The van der Waals surface area contributed by atoms with Gasteiger partial charge in [-0.15, -0.1) is 0 Å². The molecule has 0 atom stereocenters. The molecule has 0 unspecified atom stereocenters. The Bertz CT molecular complexity index is 347. The molecule has 4 heteroatoms. The molecule has 0 saturated carbocycles. The van der Waals surface area contributed by atoms with Gasteiger partial charge in [-0.2, -0.15) is 0 Å². The van der Waals surface area contributed by atoms with Crippen molar-refractivity contribution in [3.8, 4) is 5.75 Å². The zero-order valence-corrected chi connectivity index (χ0v) is 12.0. The Morgan fingerprint density at radius 3 is 2.47 bits per heavy atom. The molecule has 1 aromatic rings. The average Bonchev–Trinajstić information content (AvgIpc) is 2.39. The first-order chi connectivity index (χ1) is 8.24. The van der Waals surface area contributed by atoms with E-state index in [2.05, 4.69) is 15.9 Å². The van der Waals surface area contributed by atoms with Gasteiger partial charge in [0.25, 0.3) is 0 Å². The van der Waals surface area contributed by atoms with Crippen LogP contribution in [0.15, 0.2) is 24.3 Å². The number of rotatable bonds is 4. The highest BCUT2D eigenvalue weighted by Gasteiger charge is 2.32. The molecular weight excluding hydrogens is 303 g/mol. The molecule has 0 amide bonds. The van der Waals surface area contributed by atoms with Gasteiger partial charge in [0.15, 0.2) is 0 Å². The van der Waals surface area contributed by atoms with E-state index in [1.165, 1.54) is 0 Å². The van der Waals surface area contributed by atoms with Crippen LogP contribution in [0.4, 0.5) is 0 Å². The molecule has 0 aromatic heterocycles. The minimum Gasteiger partial charge on any atom is -0.493 e. The van der Waals surface area contributed by atoms with Crippen molar-refractivity contribution in [2.24, 2.45) is 5.41 Å². The standard InChI is InChI=1S/C13H16BrClO2/c14-9-13(5-7-16-8-6-13)10-17-12-3-1-11(15)2-4-12/h1-4H,5-10H2. The molecule has 0 bridgehead atoms. The maximum atomic E-state index is 5.85. The molecule has 94 valence electrons. The lowest BCUT2D eigenvalue weighted by Crippen LogP contribution is -2.36. The lowest BCUT2D eigenvalue weighted by atomic mass is 9.83. The topological polar surface area (TPSA) is 18.5 Å². The van der Waals surface area contributed by atoms with Crippen molar-refractivity contribution in [1.29, 1.82) is 0 Å². The highest BCUT2D eigenvalue weighted by atomic mass is 79.9. The van der Waals surface area contributed by atoms with E-state index in [1.807, 2.05) is 24.3 Å². The highest BCUT2D eigenvalue weighted by molar-refractivity contribution is 9.09. The summed E-state index contributed by atoms with van der Waals surface area (Å²) in [5, 5.41) is 1.69. The van der Waals surface area contributed by atoms with Crippen molar-refractivity contribution in [3.63, 3.8) is 0 Å². The normalized spacial score (nSPS) is 18.9. The van der Waals surface area contributed by atoms with Crippen molar-refractivity contribution in [1.82, 2.24) is 0 Å². The summed E-state index contributed by atoms with van der Waals surface area (Å²) >= 11 is 9.43. The van der Waals surface area contributed by atoms with Gasteiger partial charge in [-0.05, 0) is 37.1 Å². The van der Waals surface area contributed by atoms with Gasteiger partial charge < -0.3 is 9.47 Å². The van der Waals surface area contributed by atoms with Gasteiger partial charge in [0.2, 0.25) is 0 Å². The smallest absolute Gasteiger partial charge is 0.119 e. The van der Waals surface area contributed by atoms with Crippen LogP contribution < -0.4 is 4.74 Å². The Kier molecular flexibility index (Phi) is 4.71. The van der Waals surface area contributed by atoms with E-state index in [4.69, 9.17) is 21.1 Å². The molecule has 1 aliphatic heterocycles. The molecule has 2 rings (SSSR count). The predicted molar refractivity (Wildman–Crippen MR) is 73.2 cm³/mol. The van der Waals surface area contributed by atoms with E-state index in [-0.39, 0.29) is 5.41 Å². The van der Waals surface area contributed by atoms with Gasteiger partial charge in [0.05, 0.1) is 6.61 Å². The SMILES string of the molecule is Clc1ccc(OCC2(CBr)CCOCC2)cc1. The first-order valence-electron chi connectivity index (χ1n) is 5.76. The summed E-state index contributed by atoms with van der Waals surface area (Å²) < 4.78 is 11.3. The largest absolute Gasteiger partial charge is 0.493 e. The summed E-state index contributed by atoms with van der Waals surface area (Å²) in [6.07, 6.45) is 2.09. The third-order valence-corrected chi connectivity index (χ3v) is 4.64. The van der Waals surface area contributed by atoms with Gasteiger partial charge in [-0.1, -0.05) is 27.5 Å². The molecule has 0 radical (unpaired) electrons. The van der Waals surface area contributed by atoms with Crippen LogP contribution in [0.1, 0.15) is 12.8 Å². The summed E-state index contributed by atoms with van der Waals surface area (Å²) in [7, 11) is 0. The third-order valence-electron chi connectivity index (χ3n) is 3.20. The second kappa shape index (κ2) is 6.07. The fourth-order valence-electron chi connectivity index (χ4n) is 1.89. The number of halogens is 2. The van der Waals surface area contributed by atoms with Crippen LogP contribution in [0.3, 0.4) is 0 Å². The molecule has 1 aliphatic rings. The summed E-state index contributed by atoms with van der Waals surface area (Å²) in [4.78, 5) is 0. The number of alkyl halides is 1. The van der Waals surface area contributed by atoms with Crippen molar-refractivity contribution in [2.45, 2.75) is 12.8 Å². The molecule has 1 heterocycles. The number of hydrogen-bond acceptors (Lipinski definition) is 2. The maximum Gasteiger partial charge on any atom is 0.119 e. The Hall–Kier alpha value is -0.250. The van der Waals surface area contributed by atoms with Gasteiger partial charge in [0.1, 0.15) is 5.75 Å². The summed E-state index contributed by atoms with van der Waals surface area (Å²) in [6.45, 7) is 2.38. The van der Waals surface area contributed by atoms with E-state index < -0.39 is 0 Å². The van der Waals surface area contributed by atoms with Crippen LogP contribution in [-0.2, 0) is 4.74 Å². The van der Waals surface area contributed by atoms with Crippen LogP contribution in [0.5, 0.6) is 5.75 Å². The Labute approximate surface area is 115 Å². The summed E-state index contributed by atoms with van der Waals surface area (Å²) in [5.41, 5.74) is 0.206. The van der Waals surface area contributed by atoms with Gasteiger partial charge in [-0.25, -0.2) is 0 Å². The minimum absolute atomic E-state index is 0.206. The Morgan fingerprint density at radius 2 is 1.88 bits per heavy atom. The number of benzene rings is 1. The van der Waals surface area contributed by atoms with Crippen LogP contribution in [0.2, 0.25) is 5.02 Å². The number of hydrogen-bond donors (Lipinski definition) is 0. The van der Waals surface area contributed by atoms with Crippen molar-refractivity contribution in [2.75, 3.05) is 25.2 Å². The van der Waals surface area contributed by atoms with E-state index in [0.29, 0.717) is 0 Å². The lowest BCUT2D eigenvalue weighted by Gasteiger charge is -2.35. The van der Waals surface area contributed by atoms with Crippen LogP contribution >= 0.6 is 27.5 Å². The number of ether oxygens (including phenoxy) is 2. The minimum atomic E-state index is 0.206. The first kappa shape index (κ1) is 13.2. The molecule has 1 aromatic carbocycles. The van der Waals surface area contributed by atoms with E-state index >= 15 is 0 Å². The summed E-state index contributed by atoms with van der Waals surface area (Å²) in [6, 6.07) is 7.51. The van der Waals surface area contributed by atoms with Gasteiger partial charge >= 0.3 is 0 Å². The predicted octanol–water partition coefficient (Wildman–Crippen LogP) is 3.91. The molecule has 17 heavy (non-hydrogen) atoms. The van der Waals surface area contributed by atoms with Crippen molar-refractivity contribution < 1.29 is 9.47 Å². The average molecular weight is 320 g/mol. The molecule has 1 saturated heterocycles. The monoisotopic (exact) mass is 318 g/mol. The molecular formula is C13H16BrClO2. The van der Waals surface area contributed by atoms with E-state index in [9.17, 15) is 0 Å². The zero-order chi connectivity index (χ0) is 12.1. The van der Waals surface area contributed by atoms with E-state index in [0.717, 1.165) is 48.8 Å². The van der Waals surface area contributed by atoms with Crippen LogP contribution in [0, 0.1) is 5.41 Å². The van der Waals surface area contributed by atoms with Gasteiger partial charge in [-0.3, -0.25) is 0 Å². The van der Waals surface area contributed by atoms with Gasteiger partial charge in [0, 0.05) is 29.0 Å².